The van der Waals surface area contributed by atoms with Crippen LogP contribution in [0.4, 0.5) is 5.69 Å². The van der Waals surface area contributed by atoms with Gasteiger partial charge in [0.25, 0.3) is 0 Å². The molecule has 308 valence electrons. The lowest BCUT2D eigenvalue weighted by molar-refractivity contribution is 0.100. The summed E-state index contributed by atoms with van der Waals surface area (Å²) in [5.41, 5.74) is 5.49. The van der Waals surface area contributed by atoms with E-state index in [-0.39, 0.29) is 48.8 Å². The molecular weight excluding hydrogens is 851 g/mol. The number of fused-ring (bicyclic) bond motifs is 2. The summed E-state index contributed by atoms with van der Waals surface area (Å²) >= 11 is 3.28. The van der Waals surface area contributed by atoms with Gasteiger partial charge in [-0.3, -0.25) is 9.59 Å². The molecule has 3 N–H and O–H groups in total. The molecule has 2 aliphatic rings. The van der Waals surface area contributed by atoms with Crippen LogP contribution >= 0.6 is 53.2 Å². The molecular formula is C48H56BrCl3N4O2. The van der Waals surface area contributed by atoms with Crippen LogP contribution in [0.15, 0.2) is 138 Å². The number of hydrogen-bond acceptors (Lipinski definition) is 6. The van der Waals surface area contributed by atoms with E-state index in [0.717, 1.165) is 48.2 Å². The van der Waals surface area contributed by atoms with Crippen LogP contribution in [0.3, 0.4) is 0 Å². The van der Waals surface area contributed by atoms with Crippen LogP contribution in [0.2, 0.25) is 0 Å². The lowest BCUT2D eigenvalue weighted by Crippen LogP contribution is -2.34. The molecule has 2 aliphatic heterocycles. The van der Waals surface area contributed by atoms with E-state index in [0.29, 0.717) is 24.2 Å². The normalized spacial score (nSPS) is 16.6. The highest BCUT2D eigenvalue weighted by Crippen LogP contribution is 2.28. The Morgan fingerprint density at radius 1 is 0.621 bits per heavy atom. The van der Waals surface area contributed by atoms with Gasteiger partial charge in [-0.25, -0.2) is 0 Å². The highest BCUT2D eigenvalue weighted by atomic mass is 79.9. The average molecular weight is 907 g/mol. The second kappa shape index (κ2) is 23.7. The number of benzene rings is 6. The topological polar surface area (TPSA) is 73.5 Å². The van der Waals surface area contributed by atoms with Crippen molar-refractivity contribution in [2.45, 2.75) is 64.7 Å². The van der Waals surface area contributed by atoms with E-state index in [4.69, 9.17) is 0 Å². The van der Waals surface area contributed by atoms with Gasteiger partial charge >= 0.3 is 0 Å². The molecule has 0 aromatic heterocycles. The number of nitrogens with zero attached hydrogens (tertiary/aromatic N) is 1. The minimum atomic E-state index is 0. The maximum atomic E-state index is 11.5. The Labute approximate surface area is 371 Å². The summed E-state index contributed by atoms with van der Waals surface area (Å²) in [5, 5.41) is 16.3. The van der Waals surface area contributed by atoms with Gasteiger partial charge < -0.3 is 20.9 Å². The molecule has 0 aliphatic carbocycles. The molecule has 6 aromatic carbocycles. The van der Waals surface area contributed by atoms with E-state index < -0.39 is 0 Å². The first-order valence-electron chi connectivity index (χ1n) is 19.5. The summed E-state index contributed by atoms with van der Waals surface area (Å²) in [6.45, 7) is 12.0. The van der Waals surface area contributed by atoms with Crippen molar-refractivity contribution in [3.8, 4) is 0 Å². The van der Waals surface area contributed by atoms with Crippen LogP contribution in [0, 0.1) is 0 Å². The molecule has 8 rings (SSSR count). The molecule has 10 heteroatoms. The summed E-state index contributed by atoms with van der Waals surface area (Å²) in [6, 6.07) is 47.4. The van der Waals surface area contributed by atoms with E-state index in [1.165, 1.54) is 44.8 Å². The largest absolute Gasteiger partial charge is 0.370 e. The third-order valence-electron chi connectivity index (χ3n) is 10.7. The predicted octanol–water partition coefficient (Wildman–Crippen LogP) is 11.7. The fourth-order valence-electron chi connectivity index (χ4n) is 7.66. The molecule has 4 atom stereocenters. The van der Waals surface area contributed by atoms with Crippen molar-refractivity contribution in [2.75, 3.05) is 31.1 Å². The lowest BCUT2D eigenvalue weighted by atomic mass is 9.99. The zero-order chi connectivity index (χ0) is 38.7. The molecule has 2 saturated heterocycles. The molecule has 0 saturated carbocycles. The second-order valence-corrected chi connectivity index (χ2v) is 15.6. The summed E-state index contributed by atoms with van der Waals surface area (Å²) in [7, 11) is 0. The molecule has 0 unspecified atom stereocenters. The predicted molar refractivity (Wildman–Crippen MR) is 255 cm³/mol. The van der Waals surface area contributed by atoms with Crippen LogP contribution in [-0.2, 0) is 0 Å². The Balaban J connectivity index is 0.000000251. The van der Waals surface area contributed by atoms with Crippen molar-refractivity contribution in [2.24, 2.45) is 0 Å². The van der Waals surface area contributed by atoms with E-state index in [9.17, 15) is 9.59 Å². The number of carbonyl (C=O) groups is 2. The quantitative estimate of drug-likeness (QED) is 0.126. The van der Waals surface area contributed by atoms with Gasteiger partial charge in [-0.2, -0.15) is 0 Å². The van der Waals surface area contributed by atoms with Gasteiger partial charge in [0.1, 0.15) is 0 Å². The number of nitrogens with one attached hydrogen (secondary N) is 3. The summed E-state index contributed by atoms with van der Waals surface area (Å²) in [4.78, 5) is 24.6. The fraction of sp³-hybridized carbons (Fsp3) is 0.292. The zero-order valence-electron chi connectivity index (χ0n) is 33.6. The monoisotopic (exact) mass is 904 g/mol. The highest BCUT2D eigenvalue weighted by molar-refractivity contribution is 9.10. The molecule has 6 nitrogen and oxygen atoms in total. The van der Waals surface area contributed by atoms with E-state index in [1.54, 1.807) is 26.0 Å². The molecule has 58 heavy (non-hydrogen) atoms. The van der Waals surface area contributed by atoms with Gasteiger partial charge in [-0.1, -0.05) is 113 Å². The average Bonchev–Trinajstić information content (AvgIpc) is 3.91. The van der Waals surface area contributed by atoms with Crippen LogP contribution in [0.25, 0.3) is 21.5 Å². The molecule has 0 radical (unpaired) electrons. The Hall–Kier alpha value is -3.79. The molecule has 0 spiro atoms. The third-order valence-corrected chi connectivity index (χ3v) is 11.2. The summed E-state index contributed by atoms with van der Waals surface area (Å²) in [5.74, 6) is 0.221. The van der Waals surface area contributed by atoms with Crippen molar-refractivity contribution < 1.29 is 9.59 Å². The van der Waals surface area contributed by atoms with Gasteiger partial charge in [0.15, 0.2) is 11.6 Å². The minimum absolute atomic E-state index is 0. The van der Waals surface area contributed by atoms with Crippen molar-refractivity contribution in [1.82, 2.24) is 16.0 Å². The first kappa shape index (κ1) is 48.6. The first-order chi connectivity index (χ1) is 26.7. The van der Waals surface area contributed by atoms with Crippen LogP contribution in [-0.4, -0.2) is 49.8 Å². The van der Waals surface area contributed by atoms with Crippen molar-refractivity contribution in [3.05, 3.63) is 160 Å². The highest BCUT2D eigenvalue weighted by Gasteiger charge is 2.25. The number of anilines is 1. The van der Waals surface area contributed by atoms with Gasteiger partial charge in [0, 0.05) is 65.1 Å². The van der Waals surface area contributed by atoms with E-state index in [1.807, 2.05) is 24.3 Å². The molecule has 2 fully saturated rings. The van der Waals surface area contributed by atoms with Crippen molar-refractivity contribution >= 4 is 91.9 Å². The zero-order valence-corrected chi connectivity index (χ0v) is 37.7. The SMILES string of the molecule is CC(=O)c1ccc(Br)cc1.CC(=O)c1ccc(N2CC[C@H](N[C@H](C)c3cccc4ccccc34)C2)cc1.C[C@@H](N[C@H]1CCNC1)c1cccc2ccccc12.Cl.Cl.Cl. The number of Topliss-reactive ketones (excluding diaryl/α,β-unsaturated/α-hetero) is 2. The molecule has 6 aromatic rings. The smallest absolute Gasteiger partial charge is 0.159 e. The van der Waals surface area contributed by atoms with Crippen molar-refractivity contribution in [1.29, 1.82) is 0 Å². The Morgan fingerprint density at radius 3 is 1.57 bits per heavy atom. The summed E-state index contributed by atoms with van der Waals surface area (Å²) in [6.07, 6.45) is 2.36. The lowest BCUT2D eigenvalue weighted by Gasteiger charge is -2.23. The number of halogens is 4. The minimum Gasteiger partial charge on any atom is -0.370 e. The maximum Gasteiger partial charge on any atom is 0.159 e. The maximum absolute atomic E-state index is 11.5. The second-order valence-electron chi connectivity index (χ2n) is 14.7. The standard InChI is InChI=1S/C24H26N2O.C16H20N2.C8H7BrO.3ClH/c1-17(23-9-5-7-20-6-3-4-8-24(20)23)25-21-14-15-26(16-21)22-12-10-19(11-13-22)18(2)27;1-12(18-14-9-10-17-11-14)15-8-4-6-13-5-2-3-7-16(13)15;1-6(10)7-2-4-8(9)5-3-7;;;/h3-13,17,21,25H,14-16H2,1-2H3;2-8,12,14,17-18H,9-11H2,1H3;2-5H,1H3;3*1H/t17-,21+;12-,14+;;;;/m11..../s1. The molecule has 0 amide bonds. The van der Waals surface area contributed by atoms with Crippen LogP contribution in [0.1, 0.15) is 84.5 Å². The Kier molecular flexibility index (Phi) is 19.9. The number of hydrogen-bond donors (Lipinski definition) is 3. The Bertz CT molecular complexity index is 2190. The summed E-state index contributed by atoms with van der Waals surface area (Å²) < 4.78 is 0.998. The molecule has 0 bridgehead atoms. The third kappa shape index (κ3) is 13.1. The van der Waals surface area contributed by atoms with E-state index >= 15 is 0 Å². The van der Waals surface area contributed by atoms with Gasteiger partial charge in [-0.05, 0) is 116 Å². The Morgan fingerprint density at radius 2 is 1.09 bits per heavy atom. The van der Waals surface area contributed by atoms with Crippen LogP contribution < -0.4 is 20.9 Å². The van der Waals surface area contributed by atoms with Gasteiger partial charge in [0.2, 0.25) is 0 Å². The molecule has 2 heterocycles. The van der Waals surface area contributed by atoms with E-state index in [2.05, 4.69) is 148 Å². The number of carbonyl (C=O) groups excluding carboxylic acids is 2. The van der Waals surface area contributed by atoms with Crippen LogP contribution in [0.5, 0.6) is 0 Å². The van der Waals surface area contributed by atoms with Crippen molar-refractivity contribution in [3.63, 3.8) is 0 Å². The first-order valence-corrected chi connectivity index (χ1v) is 20.3. The van der Waals surface area contributed by atoms with Gasteiger partial charge in [0.05, 0.1) is 0 Å². The number of rotatable bonds is 9. The van der Waals surface area contributed by atoms with Gasteiger partial charge in [-0.15, -0.1) is 37.2 Å². The number of ketones is 2. The fourth-order valence-corrected chi connectivity index (χ4v) is 7.93.